The second-order valence-corrected chi connectivity index (χ2v) is 2.94. The Morgan fingerprint density at radius 1 is 1.38 bits per heavy atom. The summed E-state index contributed by atoms with van der Waals surface area (Å²) < 4.78 is 5.32. The summed E-state index contributed by atoms with van der Waals surface area (Å²) in [5.74, 6) is 0.786. The largest absolute Gasteiger partial charge is 0.488 e. The molecule has 0 unspecified atom stereocenters. The van der Waals surface area contributed by atoms with Crippen molar-refractivity contribution in [3.8, 4) is 5.75 Å². The smallest absolute Gasteiger partial charge is 0.129 e. The summed E-state index contributed by atoms with van der Waals surface area (Å²) in [5, 5.41) is 11.4. The average Bonchev–Trinajstić information content (AvgIpc) is 2.16. The molecule has 1 aromatic carbocycles. The highest BCUT2D eigenvalue weighted by Crippen LogP contribution is 2.10. The quantitative estimate of drug-likeness (QED) is 0.439. The van der Waals surface area contributed by atoms with Gasteiger partial charge in [0, 0.05) is 0 Å². The van der Waals surface area contributed by atoms with Crippen LogP contribution in [0.1, 0.15) is 12.5 Å². The standard InChI is InChI=1S/C10H13NO2/c1-8-3-5-10(6-4-8)13-7-9(2)11-12/h3-6,12H,7H2,1-2H3/b11-9-. The fraction of sp³-hybridized carbons (Fsp3) is 0.300. The Hall–Kier alpha value is -1.51. The molecule has 0 fully saturated rings. The first-order chi connectivity index (χ1) is 6.22. The number of ether oxygens (including phenoxy) is 1. The second kappa shape index (κ2) is 4.50. The Labute approximate surface area is 77.6 Å². The van der Waals surface area contributed by atoms with Gasteiger partial charge in [-0.25, -0.2) is 0 Å². The Kier molecular flexibility index (Phi) is 3.31. The summed E-state index contributed by atoms with van der Waals surface area (Å²) >= 11 is 0. The first-order valence-corrected chi connectivity index (χ1v) is 4.09. The summed E-state index contributed by atoms with van der Waals surface area (Å²) in [6.45, 7) is 4.04. The molecule has 1 aromatic rings. The SMILES string of the molecule is C/C(COc1ccc(C)cc1)=N/O. The fourth-order valence-electron chi connectivity index (χ4n) is 0.851. The molecule has 0 saturated heterocycles. The van der Waals surface area contributed by atoms with Gasteiger partial charge in [0.05, 0.1) is 5.71 Å². The number of nitrogens with zero attached hydrogens (tertiary/aromatic N) is 1. The minimum Gasteiger partial charge on any atom is -0.488 e. The van der Waals surface area contributed by atoms with Crippen molar-refractivity contribution in [1.82, 2.24) is 0 Å². The number of aryl methyl sites for hydroxylation is 1. The highest BCUT2D eigenvalue weighted by Gasteiger charge is 1.94. The van der Waals surface area contributed by atoms with Gasteiger partial charge in [0.25, 0.3) is 0 Å². The molecule has 3 heteroatoms. The van der Waals surface area contributed by atoms with Crippen LogP contribution in [0.4, 0.5) is 0 Å². The predicted octanol–water partition coefficient (Wildman–Crippen LogP) is 2.22. The molecule has 3 nitrogen and oxygen atoms in total. The molecule has 0 aliphatic rings. The molecule has 0 radical (unpaired) electrons. The fourth-order valence-corrected chi connectivity index (χ4v) is 0.851. The minimum atomic E-state index is 0.319. The van der Waals surface area contributed by atoms with Gasteiger partial charge in [-0.05, 0) is 26.0 Å². The van der Waals surface area contributed by atoms with E-state index in [2.05, 4.69) is 5.16 Å². The third-order valence-electron chi connectivity index (χ3n) is 1.64. The van der Waals surface area contributed by atoms with E-state index in [1.165, 1.54) is 5.56 Å². The maximum atomic E-state index is 8.36. The normalized spacial score (nSPS) is 11.4. The van der Waals surface area contributed by atoms with E-state index in [1.54, 1.807) is 6.92 Å². The van der Waals surface area contributed by atoms with Crippen LogP contribution in [0.25, 0.3) is 0 Å². The van der Waals surface area contributed by atoms with E-state index in [9.17, 15) is 0 Å². The molecule has 0 amide bonds. The van der Waals surface area contributed by atoms with Crippen molar-refractivity contribution in [2.24, 2.45) is 5.16 Å². The lowest BCUT2D eigenvalue weighted by Crippen LogP contribution is -2.07. The van der Waals surface area contributed by atoms with Gasteiger partial charge in [0.15, 0.2) is 0 Å². The van der Waals surface area contributed by atoms with E-state index in [0.717, 1.165) is 5.75 Å². The van der Waals surface area contributed by atoms with Crippen LogP contribution in [0.5, 0.6) is 5.75 Å². The molecule has 1 N–H and O–H groups in total. The van der Waals surface area contributed by atoms with Crippen molar-refractivity contribution >= 4 is 5.71 Å². The summed E-state index contributed by atoms with van der Waals surface area (Å²) in [7, 11) is 0. The Balaban J connectivity index is 2.51. The second-order valence-electron chi connectivity index (χ2n) is 2.94. The van der Waals surface area contributed by atoms with Gasteiger partial charge >= 0.3 is 0 Å². The molecule has 0 saturated carbocycles. The monoisotopic (exact) mass is 179 g/mol. The van der Waals surface area contributed by atoms with Gasteiger partial charge in [-0.3, -0.25) is 0 Å². The minimum absolute atomic E-state index is 0.319. The third-order valence-corrected chi connectivity index (χ3v) is 1.64. The summed E-state index contributed by atoms with van der Waals surface area (Å²) in [6.07, 6.45) is 0. The van der Waals surface area contributed by atoms with Crippen molar-refractivity contribution in [2.75, 3.05) is 6.61 Å². The van der Waals surface area contributed by atoms with Crippen LogP contribution in [0.15, 0.2) is 29.4 Å². The Morgan fingerprint density at radius 3 is 2.54 bits per heavy atom. The molecule has 0 bridgehead atoms. The highest BCUT2D eigenvalue weighted by molar-refractivity contribution is 5.82. The Bertz CT molecular complexity index is 290. The number of rotatable bonds is 3. The molecule has 0 spiro atoms. The topological polar surface area (TPSA) is 41.8 Å². The van der Waals surface area contributed by atoms with Gasteiger partial charge < -0.3 is 9.94 Å². The van der Waals surface area contributed by atoms with E-state index in [0.29, 0.717) is 12.3 Å². The molecular weight excluding hydrogens is 166 g/mol. The third kappa shape index (κ3) is 3.15. The zero-order chi connectivity index (χ0) is 9.68. The molecule has 0 aromatic heterocycles. The molecule has 0 heterocycles. The van der Waals surface area contributed by atoms with Gasteiger partial charge in [-0.2, -0.15) is 0 Å². The van der Waals surface area contributed by atoms with E-state index < -0.39 is 0 Å². The van der Waals surface area contributed by atoms with Crippen molar-refractivity contribution in [1.29, 1.82) is 0 Å². The predicted molar refractivity (Wildman–Crippen MR) is 51.6 cm³/mol. The Morgan fingerprint density at radius 2 is 2.00 bits per heavy atom. The lowest BCUT2D eigenvalue weighted by Gasteiger charge is -2.04. The van der Waals surface area contributed by atoms with E-state index in [4.69, 9.17) is 9.94 Å². The van der Waals surface area contributed by atoms with E-state index >= 15 is 0 Å². The molecule has 13 heavy (non-hydrogen) atoms. The molecule has 70 valence electrons. The van der Waals surface area contributed by atoms with Crippen LogP contribution >= 0.6 is 0 Å². The molecule has 0 atom stereocenters. The molecule has 0 aliphatic carbocycles. The van der Waals surface area contributed by atoms with Gasteiger partial charge in [-0.1, -0.05) is 22.9 Å². The van der Waals surface area contributed by atoms with Gasteiger partial charge in [-0.15, -0.1) is 0 Å². The maximum Gasteiger partial charge on any atom is 0.129 e. The molecular formula is C10H13NO2. The lowest BCUT2D eigenvalue weighted by molar-refractivity contribution is 0.307. The number of oxime groups is 1. The van der Waals surface area contributed by atoms with E-state index in [1.807, 2.05) is 31.2 Å². The van der Waals surface area contributed by atoms with Gasteiger partial charge in [0.2, 0.25) is 0 Å². The first kappa shape index (κ1) is 9.58. The van der Waals surface area contributed by atoms with Crippen LogP contribution in [-0.2, 0) is 0 Å². The lowest BCUT2D eigenvalue weighted by atomic mass is 10.2. The van der Waals surface area contributed by atoms with Crippen molar-refractivity contribution in [3.63, 3.8) is 0 Å². The van der Waals surface area contributed by atoms with Crippen LogP contribution in [0.2, 0.25) is 0 Å². The van der Waals surface area contributed by atoms with Crippen molar-refractivity contribution in [3.05, 3.63) is 29.8 Å². The molecule has 1 rings (SSSR count). The van der Waals surface area contributed by atoms with E-state index in [-0.39, 0.29) is 0 Å². The average molecular weight is 179 g/mol. The van der Waals surface area contributed by atoms with Crippen LogP contribution < -0.4 is 4.74 Å². The van der Waals surface area contributed by atoms with Crippen molar-refractivity contribution < 1.29 is 9.94 Å². The zero-order valence-corrected chi connectivity index (χ0v) is 7.82. The van der Waals surface area contributed by atoms with Crippen LogP contribution in [-0.4, -0.2) is 17.5 Å². The van der Waals surface area contributed by atoms with Crippen LogP contribution in [0, 0.1) is 6.92 Å². The van der Waals surface area contributed by atoms with Gasteiger partial charge in [0.1, 0.15) is 12.4 Å². The highest BCUT2D eigenvalue weighted by atomic mass is 16.5. The summed E-state index contributed by atoms with van der Waals surface area (Å²) in [5.41, 5.74) is 1.75. The maximum absolute atomic E-state index is 8.36. The molecule has 0 aliphatic heterocycles. The van der Waals surface area contributed by atoms with Crippen molar-refractivity contribution in [2.45, 2.75) is 13.8 Å². The van der Waals surface area contributed by atoms with Crippen LogP contribution in [0.3, 0.4) is 0 Å². The number of hydrogen-bond donors (Lipinski definition) is 1. The number of benzene rings is 1. The first-order valence-electron chi connectivity index (χ1n) is 4.09. The number of hydrogen-bond acceptors (Lipinski definition) is 3. The summed E-state index contributed by atoms with van der Waals surface area (Å²) in [4.78, 5) is 0. The zero-order valence-electron chi connectivity index (χ0n) is 7.82. The summed E-state index contributed by atoms with van der Waals surface area (Å²) in [6, 6.07) is 7.72.